The number of hydrogen-bond donors (Lipinski definition) is 5. The molecule has 18 heteroatoms. The predicted octanol–water partition coefficient (Wildman–Crippen LogP) is 5.27. The molecule has 2 bridgehead atoms. The second-order valence-corrected chi connectivity index (χ2v) is 20.3. The fraction of sp³-hybridized carbons (Fsp3) is 0.776. The van der Waals surface area contributed by atoms with Crippen molar-refractivity contribution in [1.29, 1.82) is 0 Å². The van der Waals surface area contributed by atoms with Gasteiger partial charge in [-0.3, -0.25) is 4.79 Å². The molecule has 19 atom stereocenters. The largest absolute Gasteiger partial charge is 0.509 e. The van der Waals surface area contributed by atoms with E-state index in [1.165, 1.54) is 7.11 Å². The summed E-state index contributed by atoms with van der Waals surface area (Å²) in [6, 6.07) is 6.87. The third-order valence-electron chi connectivity index (χ3n) is 15.0. The lowest BCUT2D eigenvalue weighted by molar-refractivity contribution is -0.337. The van der Waals surface area contributed by atoms with Gasteiger partial charge in [0.05, 0.1) is 47.5 Å². The van der Waals surface area contributed by atoms with Gasteiger partial charge in [-0.25, -0.2) is 9.59 Å². The Morgan fingerprint density at radius 3 is 2.24 bits per heavy atom. The Kier molecular flexibility index (Phi) is 17.3. The summed E-state index contributed by atoms with van der Waals surface area (Å²) in [5.74, 6) is -6.39. The number of carbonyl (C=O) groups is 3. The van der Waals surface area contributed by atoms with Gasteiger partial charge in [0.1, 0.15) is 18.3 Å². The number of carbonyl (C=O) groups excluding carboxylic acids is 2. The van der Waals surface area contributed by atoms with Gasteiger partial charge in [0.25, 0.3) is 0 Å². The van der Waals surface area contributed by atoms with Crippen LogP contribution in [0.15, 0.2) is 29.8 Å². The number of ether oxygens (including phenoxy) is 9. The minimum atomic E-state index is -1.86. The zero-order valence-corrected chi connectivity index (χ0v) is 41.8. The van der Waals surface area contributed by atoms with Crippen LogP contribution in [0.5, 0.6) is 0 Å². The number of anilines is 1. The first-order chi connectivity index (χ1) is 31.2. The van der Waals surface area contributed by atoms with Crippen LogP contribution in [0.25, 0.3) is 6.08 Å². The summed E-state index contributed by atoms with van der Waals surface area (Å²) < 4.78 is 56.5. The minimum absolute atomic E-state index is 0.144. The van der Waals surface area contributed by atoms with Crippen molar-refractivity contribution in [2.24, 2.45) is 23.7 Å². The highest BCUT2D eigenvalue weighted by atomic mass is 16.8. The van der Waals surface area contributed by atoms with Crippen LogP contribution >= 0.6 is 0 Å². The number of aliphatic hydroxyl groups is 3. The third-order valence-corrected chi connectivity index (χ3v) is 15.0. The monoisotopic (exact) mass is 951 g/mol. The number of cyclic esters (lactones) is 1. The topological polar surface area (TPSA) is 244 Å². The van der Waals surface area contributed by atoms with Crippen LogP contribution < -0.4 is 5.73 Å². The molecule has 1 aromatic rings. The van der Waals surface area contributed by atoms with Crippen molar-refractivity contribution < 1.29 is 77.4 Å². The van der Waals surface area contributed by atoms with Gasteiger partial charge in [-0.15, -0.1) is 0 Å². The van der Waals surface area contributed by atoms with Crippen LogP contribution in [0.2, 0.25) is 0 Å². The van der Waals surface area contributed by atoms with Crippen molar-refractivity contribution in [3.63, 3.8) is 0 Å². The van der Waals surface area contributed by atoms with Gasteiger partial charge in [0, 0.05) is 42.7 Å². The number of esters is 1. The summed E-state index contributed by atoms with van der Waals surface area (Å²) in [6.07, 6.45) is -6.42. The average molecular weight is 951 g/mol. The van der Waals surface area contributed by atoms with E-state index in [1.54, 1.807) is 58.9 Å². The summed E-state index contributed by atoms with van der Waals surface area (Å²) in [7, 11) is 5.29. The zero-order chi connectivity index (χ0) is 50.1. The summed E-state index contributed by atoms with van der Waals surface area (Å²) in [5, 5.41) is 44.0. The highest BCUT2D eigenvalue weighted by Gasteiger charge is 2.67. The molecule has 6 rings (SSSR count). The number of carboxylic acids is 1. The van der Waals surface area contributed by atoms with Crippen LogP contribution in [0.4, 0.5) is 10.5 Å². The number of nitrogen functional groups attached to an aromatic ring is 1. The molecule has 19 unspecified atom stereocenters. The lowest BCUT2D eigenvalue weighted by Gasteiger charge is -2.49. The molecule has 0 saturated carbocycles. The summed E-state index contributed by atoms with van der Waals surface area (Å²) in [5.41, 5.74) is 3.67. The molecule has 67 heavy (non-hydrogen) atoms. The highest BCUT2D eigenvalue weighted by molar-refractivity contribution is 5.92. The number of nitrogens with two attached hydrogens (primary N) is 1. The van der Waals surface area contributed by atoms with E-state index < -0.39 is 120 Å². The lowest BCUT2D eigenvalue weighted by Crippen LogP contribution is -2.60. The molecule has 0 spiro atoms. The van der Waals surface area contributed by atoms with E-state index >= 15 is 0 Å². The van der Waals surface area contributed by atoms with Crippen LogP contribution in [0, 0.1) is 23.7 Å². The van der Waals surface area contributed by atoms with E-state index in [2.05, 4.69) is 0 Å². The van der Waals surface area contributed by atoms with E-state index in [0.717, 1.165) is 5.56 Å². The van der Waals surface area contributed by atoms with Gasteiger partial charge < -0.3 is 73.7 Å². The van der Waals surface area contributed by atoms with E-state index in [-0.39, 0.29) is 31.4 Å². The summed E-state index contributed by atoms with van der Waals surface area (Å²) in [6.45, 7) is 19.7. The van der Waals surface area contributed by atoms with Gasteiger partial charge in [-0.1, -0.05) is 46.8 Å². The van der Waals surface area contributed by atoms with E-state index in [9.17, 15) is 29.7 Å². The van der Waals surface area contributed by atoms with E-state index in [0.29, 0.717) is 24.1 Å². The Balaban J connectivity index is 0.000000513. The molecule has 5 saturated heterocycles. The van der Waals surface area contributed by atoms with E-state index in [1.807, 2.05) is 66.6 Å². The predicted molar refractivity (Wildman–Crippen MR) is 245 cm³/mol. The van der Waals surface area contributed by atoms with Gasteiger partial charge >= 0.3 is 18.1 Å². The summed E-state index contributed by atoms with van der Waals surface area (Å²) in [4.78, 5) is 39.8. The number of aliphatic carboxylic acids is 1. The maximum Gasteiger partial charge on any atom is 0.509 e. The van der Waals surface area contributed by atoms with Crippen molar-refractivity contribution in [3.8, 4) is 0 Å². The maximum absolute atomic E-state index is 14.4. The van der Waals surface area contributed by atoms with Crippen LogP contribution in [0.1, 0.15) is 114 Å². The van der Waals surface area contributed by atoms with E-state index in [4.69, 9.17) is 53.5 Å². The Morgan fingerprint density at radius 2 is 1.66 bits per heavy atom. The molecule has 5 fully saturated rings. The first-order valence-electron chi connectivity index (χ1n) is 23.7. The molecular weight excluding hydrogens is 873 g/mol. The van der Waals surface area contributed by atoms with Crippen molar-refractivity contribution in [2.45, 2.75) is 198 Å². The number of methoxy groups -OCH3 is 1. The summed E-state index contributed by atoms with van der Waals surface area (Å²) >= 11 is 0. The van der Waals surface area contributed by atoms with Gasteiger partial charge in [0.15, 0.2) is 30.1 Å². The molecule has 18 nitrogen and oxygen atoms in total. The number of benzene rings is 1. The Labute approximate surface area is 395 Å². The number of nitrogens with zero attached hydrogens (tertiary/aromatic N) is 1. The number of hydrogen-bond acceptors (Lipinski definition) is 17. The SMILES string of the molecule is CC/C(=C\c1cccc(N)c1)C(=O)O.CCC1OC(=O)C(C)C(OC2CC(C)(OC)C(O)C(C)O2)C(C)C(OC2OC(C)CC(N(C)C)C2O)C2(C)CC(C)C(O)(O2)C(C)C2OC(=O)OC12C. The minimum Gasteiger partial charge on any atom is -0.478 e. The van der Waals surface area contributed by atoms with Crippen molar-refractivity contribution >= 4 is 29.9 Å². The molecule has 0 aliphatic carbocycles. The van der Waals surface area contributed by atoms with Crippen molar-refractivity contribution in [2.75, 3.05) is 26.9 Å². The first-order valence-corrected chi connectivity index (χ1v) is 23.7. The standard InChI is InChI=1S/C38H65NO14.C11H13NO2/c1-14-25-37(10)31(51-34(43)52-37)22(6)38(44)18(2)16-36(9,53-38)30(50-33-27(40)24(39(11)12)15-19(3)46-33)20(4)28(21(5)32(42)48-25)49-26-17-35(8,45-13)29(41)23(7)47-26;1-2-9(11(13)14)6-8-4-3-5-10(12)7-8/h18-31,33,40-41,44H,14-17H2,1-13H3;3-7H,2,12H2,1H3,(H,13,14)/b;9-6+. The number of likely N-dealkylation sites (N-methyl/N-ethyl adjacent to an activating group) is 1. The molecule has 0 radical (unpaired) electrons. The normalized spacial score (nSPS) is 43.9. The van der Waals surface area contributed by atoms with Crippen molar-refractivity contribution in [1.82, 2.24) is 4.90 Å². The Morgan fingerprint density at radius 1 is 0.985 bits per heavy atom. The molecule has 6 N–H and O–H groups in total. The third kappa shape index (κ3) is 11.3. The van der Waals surface area contributed by atoms with Crippen molar-refractivity contribution in [3.05, 3.63) is 35.4 Å². The first kappa shape index (κ1) is 54.5. The molecule has 0 aromatic heterocycles. The molecule has 5 aliphatic heterocycles. The maximum atomic E-state index is 14.4. The van der Waals surface area contributed by atoms with Crippen LogP contribution in [-0.2, 0) is 52.2 Å². The highest BCUT2D eigenvalue weighted by Crippen LogP contribution is 2.53. The van der Waals surface area contributed by atoms with Crippen LogP contribution in [-0.4, -0.2) is 155 Å². The molecule has 1 aromatic carbocycles. The number of aliphatic hydroxyl groups excluding tert-OH is 2. The molecular formula is C49H78N2O16. The second kappa shape index (κ2) is 21.3. The number of rotatable bonds is 10. The van der Waals surface area contributed by atoms with Gasteiger partial charge in [-0.2, -0.15) is 0 Å². The lowest BCUT2D eigenvalue weighted by atomic mass is 9.75. The number of carboxylic acid groups (broad SMARTS) is 1. The smallest absolute Gasteiger partial charge is 0.478 e. The van der Waals surface area contributed by atoms with Crippen LogP contribution in [0.3, 0.4) is 0 Å². The molecule has 0 amide bonds. The zero-order valence-electron chi connectivity index (χ0n) is 41.8. The van der Waals surface area contributed by atoms with Gasteiger partial charge in [0.2, 0.25) is 0 Å². The fourth-order valence-corrected chi connectivity index (χ4v) is 10.9. The quantitative estimate of drug-likeness (QED) is 0.114. The molecule has 5 heterocycles. The fourth-order valence-electron chi connectivity index (χ4n) is 10.9. The second-order valence-electron chi connectivity index (χ2n) is 20.3. The number of fused-ring (bicyclic) bond motifs is 3. The van der Waals surface area contributed by atoms with Gasteiger partial charge in [-0.05, 0) is 105 Å². The average Bonchev–Trinajstić information content (AvgIpc) is 3.71. The molecule has 380 valence electrons. The molecule has 5 aliphatic rings. The Hall–Kier alpha value is -3.43. The Bertz CT molecular complexity index is 1920.